The zero-order valence-electron chi connectivity index (χ0n) is 9.21. The van der Waals surface area contributed by atoms with Gasteiger partial charge in [-0.1, -0.05) is 11.6 Å². The van der Waals surface area contributed by atoms with Crippen molar-refractivity contribution < 1.29 is 4.42 Å². The van der Waals surface area contributed by atoms with Crippen molar-refractivity contribution in [3.8, 4) is 0 Å². The summed E-state index contributed by atoms with van der Waals surface area (Å²) >= 11 is 5.87. The first-order valence-electron chi connectivity index (χ1n) is 5.59. The van der Waals surface area contributed by atoms with Gasteiger partial charge in [-0.3, -0.25) is 4.98 Å². The number of hydrogen-bond donors (Lipinski definition) is 0. The van der Waals surface area contributed by atoms with Gasteiger partial charge in [-0.2, -0.15) is 0 Å². The Morgan fingerprint density at radius 2 is 2.29 bits per heavy atom. The van der Waals surface area contributed by atoms with Crippen molar-refractivity contribution in [2.75, 3.05) is 4.90 Å². The van der Waals surface area contributed by atoms with Crippen molar-refractivity contribution >= 4 is 17.4 Å². The Kier molecular flexibility index (Phi) is 2.73. The van der Waals surface area contributed by atoms with Crippen LogP contribution in [0, 0.1) is 0 Å². The number of aromatic nitrogens is 2. The molecule has 0 spiro atoms. The smallest absolute Gasteiger partial charge is 0.149 e. The minimum Gasteiger partial charge on any atom is -0.467 e. The zero-order valence-corrected chi connectivity index (χ0v) is 9.97. The highest BCUT2D eigenvalue weighted by molar-refractivity contribution is 6.29. The molecule has 0 radical (unpaired) electrons. The maximum Gasteiger partial charge on any atom is 0.149 e. The van der Waals surface area contributed by atoms with Crippen molar-refractivity contribution in [1.82, 2.24) is 9.97 Å². The highest BCUT2D eigenvalue weighted by atomic mass is 35.5. The van der Waals surface area contributed by atoms with Gasteiger partial charge in [0, 0.05) is 6.04 Å². The summed E-state index contributed by atoms with van der Waals surface area (Å²) in [6, 6.07) is 4.39. The molecular weight excluding hydrogens is 238 g/mol. The third-order valence-corrected chi connectivity index (χ3v) is 2.96. The third kappa shape index (κ3) is 2.42. The Balaban J connectivity index is 1.85. The van der Waals surface area contributed by atoms with Crippen molar-refractivity contribution in [1.29, 1.82) is 0 Å². The Morgan fingerprint density at radius 1 is 1.41 bits per heavy atom. The van der Waals surface area contributed by atoms with Crippen LogP contribution in [0.5, 0.6) is 0 Å². The SMILES string of the molecule is Clc1cncc(N(Cc2ccco2)C2CC2)n1. The molecule has 0 bridgehead atoms. The van der Waals surface area contributed by atoms with E-state index in [2.05, 4.69) is 14.9 Å². The monoisotopic (exact) mass is 249 g/mol. The molecule has 1 fully saturated rings. The molecule has 0 unspecified atom stereocenters. The van der Waals surface area contributed by atoms with Crippen LogP contribution < -0.4 is 4.90 Å². The molecule has 0 N–H and O–H groups in total. The predicted molar refractivity (Wildman–Crippen MR) is 65.0 cm³/mol. The van der Waals surface area contributed by atoms with Gasteiger partial charge in [-0.25, -0.2) is 4.98 Å². The van der Waals surface area contributed by atoms with E-state index in [4.69, 9.17) is 16.0 Å². The number of nitrogens with zero attached hydrogens (tertiary/aromatic N) is 3. The van der Waals surface area contributed by atoms with Gasteiger partial charge < -0.3 is 9.32 Å². The lowest BCUT2D eigenvalue weighted by Gasteiger charge is -2.21. The average molecular weight is 250 g/mol. The predicted octanol–water partition coefficient (Wildman–Crippen LogP) is 2.89. The van der Waals surface area contributed by atoms with E-state index in [0.29, 0.717) is 17.7 Å². The Hall–Kier alpha value is -1.55. The molecule has 17 heavy (non-hydrogen) atoms. The minimum atomic E-state index is 0.424. The molecule has 0 aromatic carbocycles. The lowest BCUT2D eigenvalue weighted by atomic mass is 10.4. The van der Waals surface area contributed by atoms with Crippen LogP contribution in [-0.2, 0) is 6.54 Å². The van der Waals surface area contributed by atoms with Gasteiger partial charge in [-0.05, 0) is 25.0 Å². The standard InChI is InChI=1S/C12H12ClN3O/c13-11-6-14-7-12(15-11)16(9-3-4-9)8-10-2-1-5-17-10/h1-2,5-7,9H,3-4,8H2. The summed E-state index contributed by atoms with van der Waals surface area (Å²) in [6.45, 7) is 0.715. The molecule has 4 nitrogen and oxygen atoms in total. The van der Waals surface area contributed by atoms with Gasteiger partial charge in [0.15, 0.2) is 0 Å². The summed E-state index contributed by atoms with van der Waals surface area (Å²) in [4.78, 5) is 10.6. The molecule has 0 aliphatic heterocycles. The minimum absolute atomic E-state index is 0.424. The molecule has 0 amide bonds. The second-order valence-electron chi connectivity index (χ2n) is 4.14. The molecule has 1 saturated carbocycles. The van der Waals surface area contributed by atoms with Crippen LogP contribution in [0.25, 0.3) is 0 Å². The van der Waals surface area contributed by atoms with E-state index in [1.807, 2.05) is 12.1 Å². The Morgan fingerprint density at radius 3 is 2.94 bits per heavy atom. The first-order valence-corrected chi connectivity index (χ1v) is 5.97. The first kappa shape index (κ1) is 10.6. The van der Waals surface area contributed by atoms with Crippen LogP contribution in [0.15, 0.2) is 35.2 Å². The van der Waals surface area contributed by atoms with Crippen molar-refractivity contribution in [3.63, 3.8) is 0 Å². The largest absolute Gasteiger partial charge is 0.467 e. The van der Waals surface area contributed by atoms with Gasteiger partial charge in [0.1, 0.15) is 16.7 Å². The fourth-order valence-corrected chi connectivity index (χ4v) is 1.97. The summed E-state index contributed by atoms with van der Waals surface area (Å²) in [5, 5.41) is 0.424. The van der Waals surface area contributed by atoms with E-state index in [0.717, 1.165) is 11.6 Å². The van der Waals surface area contributed by atoms with Gasteiger partial charge >= 0.3 is 0 Å². The van der Waals surface area contributed by atoms with Crippen LogP contribution in [-0.4, -0.2) is 16.0 Å². The van der Waals surface area contributed by atoms with Crippen LogP contribution in [0.3, 0.4) is 0 Å². The average Bonchev–Trinajstić information content (AvgIpc) is 3.03. The quantitative estimate of drug-likeness (QED) is 0.836. The third-order valence-electron chi connectivity index (χ3n) is 2.78. The second kappa shape index (κ2) is 4.37. The van der Waals surface area contributed by atoms with E-state index < -0.39 is 0 Å². The normalized spacial score (nSPS) is 14.9. The van der Waals surface area contributed by atoms with Gasteiger partial charge in [-0.15, -0.1) is 0 Å². The van der Waals surface area contributed by atoms with Crippen LogP contribution in [0.1, 0.15) is 18.6 Å². The molecule has 88 valence electrons. The molecule has 3 rings (SSSR count). The second-order valence-corrected chi connectivity index (χ2v) is 4.53. The van der Waals surface area contributed by atoms with E-state index in [1.165, 1.54) is 12.8 Å². The van der Waals surface area contributed by atoms with Crippen molar-refractivity contribution in [3.05, 3.63) is 41.7 Å². The molecule has 1 aliphatic carbocycles. The number of halogens is 1. The summed E-state index contributed by atoms with van der Waals surface area (Å²) < 4.78 is 5.37. The molecule has 2 aromatic heterocycles. The van der Waals surface area contributed by atoms with Crippen LogP contribution in [0.2, 0.25) is 5.15 Å². The summed E-state index contributed by atoms with van der Waals surface area (Å²) in [7, 11) is 0. The highest BCUT2D eigenvalue weighted by Gasteiger charge is 2.30. The number of furan rings is 1. The Bertz CT molecular complexity index is 496. The van der Waals surface area contributed by atoms with E-state index in [9.17, 15) is 0 Å². The molecule has 0 saturated heterocycles. The van der Waals surface area contributed by atoms with Gasteiger partial charge in [0.2, 0.25) is 0 Å². The number of rotatable bonds is 4. The van der Waals surface area contributed by atoms with E-state index in [-0.39, 0.29) is 0 Å². The molecular formula is C12H12ClN3O. The fraction of sp³-hybridized carbons (Fsp3) is 0.333. The fourth-order valence-electron chi connectivity index (χ4n) is 1.82. The van der Waals surface area contributed by atoms with Gasteiger partial charge in [0.25, 0.3) is 0 Å². The van der Waals surface area contributed by atoms with Crippen molar-refractivity contribution in [2.45, 2.75) is 25.4 Å². The summed E-state index contributed by atoms with van der Waals surface area (Å²) in [6.07, 6.45) is 7.35. The zero-order chi connectivity index (χ0) is 11.7. The maximum absolute atomic E-state index is 5.87. The molecule has 2 aromatic rings. The maximum atomic E-state index is 5.87. The number of anilines is 1. The molecule has 0 atom stereocenters. The van der Waals surface area contributed by atoms with E-state index >= 15 is 0 Å². The molecule has 1 aliphatic rings. The molecule has 2 heterocycles. The lowest BCUT2D eigenvalue weighted by molar-refractivity contribution is 0.500. The first-order chi connectivity index (χ1) is 8.33. The highest BCUT2D eigenvalue weighted by Crippen LogP contribution is 2.32. The van der Waals surface area contributed by atoms with Crippen LogP contribution in [0.4, 0.5) is 5.82 Å². The van der Waals surface area contributed by atoms with E-state index in [1.54, 1.807) is 18.7 Å². The topological polar surface area (TPSA) is 42.2 Å². The van der Waals surface area contributed by atoms with Gasteiger partial charge in [0.05, 0.1) is 25.2 Å². The van der Waals surface area contributed by atoms with Crippen molar-refractivity contribution in [2.24, 2.45) is 0 Å². The lowest BCUT2D eigenvalue weighted by Crippen LogP contribution is -2.25. The number of hydrogen-bond acceptors (Lipinski definition) is 4. The molecule has 5 heteroatoms. The summed E-state index contributed by atoms with van der Waals surface area (Å²) in [5.41, 5.74) is 0. The van der Waals surface area contributed by atoms with Crippen LogP contribution >= 0.6 is 11.6 Å². The Labute approximate surface area is 104 Å². The summed E-state index contributed by atoms with van der Waals surface area (Å²) in [5.74, 6) is 1.75.